The number of nitrogens with one attached hydrogen (secondary N) is 1. The third kappa shape index (κ3) is 1.90. The number of nitriles is 1. The van der Waals surface area contributed by atoms with Gasteiger partial charge in [-0.25, -0.2) is 0 Å². The Hall–Kier alpha value is -1.86. The lowest BCUT2D eigenvalue weighted by Gasteiger charge is -2.21. The molecule has 0 aromatic heterocycles. The highest BCUT2D eigenvalue weighted by atomic mass is 16.2. The van der Waals surface area contributed by atoms with Gasteiger partial charge in [0.25, 0.3) is 0 Å². The quantitative estimate of drug-likeness (QED) is 0.801. The number of benzene rings is 1. The Morgan fingerprint density at radius 1 is 1.62 bits per heavy atom. The molecule has 1 fully saturated rings. The van der Waals surface area contributed by atoms with Crippen LogP contribution in [0.2, 0.25) is 0 Å². The molecule has 82 valence electrons. The summed E-state index contributed by atoms with van der Waals surface area (Å²) in [7, 11) is 0. The van der Waals surface area contributed by atoms with E-state index in [-0.39, 0.29) is 12.1 Å². The van der Waals surface area contributed by atoms with E-state index in [1.54, 1.807) is 6.07 Å². The maximum absolute atomic E-state index is 11.3. The van der Waals surface area contributed by atoms with E-state index in [1.165, 1.54) is 0 Å². The van der Waals surface area contributed by atoms with Crippen LogP contribution in [-0.2, 0) is 4.79 Å². The summed E-state index contributed by atoms with van der Waals surface area (Å²) in [5.74, 6) is 0.0363. The van der Waals surface area contributed by atoms with Crippen molar-refractivity contribution in [2.75, 3.05) is 13.1 Å². The molecular weight excluding hydrogens is 202 g/mol. The van der Waals surface area contributed by atoms with Crippen molar-refractivity contribution in [1.82, 2.24) is 10.2 Å². The SMILES string of the molecule is CCN1CC(=O)N[C@H]1c1cccc(C#N)c1. The molecular formula is C12H13N3O. The van der Waals surface area contributed by atoms with Crippen LogP contribution in [0.5, 0.6) is 0 Å². The van der Waals surface area contributed by atoms with Crippen molar-refractivity contribution in [3.63, 3.8) is 0 Å². The summed E-state index contributed by atoms with van der Waals surface area (Å²) in [4.78, 5) is 13.4. The molecule has 1 aromatic carbocycles. The number of carbonyl (C=O) groups is 1. The van der Waals surface area contributed by atoms with Crippen LogP contribution >= 0.6 is 0 Å². The summed E-state index contributed by atoms with van der Waals surface area (Å²) >= 11 is 0. The molecule has 0 radical (unpaired) electrons. The molecule has 1 saturated heterocycles. The zero-order valence-corrected chi connectivity index (χ0v) is 9.10. The Kier molecular flexibility index (Phi) is 2.88. The number of carbonyl (C=O) groups excluding carboxylic acids is 1. The van der Waals surface area contributed by atoms with Gasteiger partial charge in [0.2, 0.25) is 5.91 Å². The average molecular weight is 215 g/mol. The molecule has 16 heavy (non-hydrogen) atoms. The van der Waals surface area contributed by atoms with Crippen molar-refractivity contribution in [3.05, 3.63) is 35.4 Å². The second-order valence-electron chi connectivity index (χ2n) is 3.77. The van der Waals surface area contributed by atoms with Gasteiger partial charge in [0.1, 0.15) is 6.17 Å². The predicted octanol–water partition coefficient (Wildman–Crippen LogP) is 1.01. The lowest BCUT2D eigenvalue weighted by atomic mass is 10.1. The highest BCUT2D eigenvalue weighted by Crippen LogP contribution is 2.22. The summed E-state index contributed by atoms with van der Waals surface area (Å²) in [5.41, 5.74) is 1.58. The van der Waals surface area contributed by atoms with Gasteiger partial charge in [-0.15, -0.1) is 0 Å². The smallest absolute Gasteiger partial charge is 0.235 e. The zero-order valence-electron chi connectivity index (χ0n) is 9.10. The van der Waals surface area contributed by atoms with Crippen molar-refractivity contribution in [2.24, 2.45) is 0 Å². The first kappa shape index (κ1) is 10.7. The summed E-state index contributed by atoms with van der Waals surface area (Å²) in [6.07, 6.45) is -0.0919. The predicted molar refractivity (Wildman–Crippen MR) is 59.3 cm³/mol. The van der Waals surface area contributed by atoms with E-state index in [2.05, 4.69) is 11.4 Å². The Bertz CT molecular complexity index is 450. The van der Waals surface area contributed by atoms with E-state index in [1.807, 2.05) is 30.0 Å². The van der Waals surface area contributed by atoms with Crippen LogP contribution in [0.4, 0.5) is 0 Å². The van der Waals surface area contributed by atoms with E-state index >= 15 is 0 Å². The zero-order chi connectivity index (χ0) is 11.5. The first-order valence-electron chi connectivity index (χ1n) is 5.28. The number of hydrogen-bond acceptors (Lipinski definition) is 3. The van der Waals surface area contributed by atoms with E-state index < -0.39 is 0 Å². The van der Waals surface area contributed by atoms with Crippen molar-refractivity contribution in [3.8, 4) is 6.07 Å². The molecule has 0 aliphatic carbocycles. The highest BCUT2D eigenvalue weighted by molar-refractivity contribution is 5.80. The lowest BCUT2D eigenvalue weighted by Crippen LogP contribution is -2.27. The molecule has 0 spiro atoms. The van der Waals surface area contributed by atoms with Crippen molar-refractivity contribution in [1.29, 1.82) is 5.26 Å². The van der Waals surface area contributed by atoms with E-state index in [0.717, 1.165) is 12.1 Å². The van der Waals surface area contributed by atoms with Gasteiger partial charge in [-0.1, -0.05) is 19.1 Å². The van der Waals surface area contributed by atoms with Crippen molar-refractivity contribution < 1.29 is 4.79 Å². The fourth-order valence-electron chi connectivity index (χ4n) is 1.93. The second-order valence-corrected chi connectivity index (χ2v) is 3.77. The van der Waals surface area contributed by atoms with Crippen LogP contribution in [0.3, 0.4) is 0 Å². The fraction of sp³-hybridized carbons (Fsp3) is 0.333. The number of hydrogen-bond donors (Lipinski definition) is 1. The summed E-state index contributed by atoms with van der Waals surface area (Å²) in [5, 5.41) is 11.7. The minimum absolute atomic E-state index is 0.0363. The average Bonchev–Trinajstić information content (AvgIpc) is 2.70. The summed E-state index contributed by atoms with van der Waals surface area (Å²) in [6.45, 7) is 3.25. The number of rotatable bonds is 2. The molecule has 1 amide bonds. The van der Waals surface area contributed by atoms with Gasteiger partial charge in [0.05, 0.1) is 18.2 Å². The van der Waals surface area contributed by atoms with Gasteiger partial charge in [-0.2, -0.15) is 5.26 Å². The van der Waals surface area contributed by atoms with Gasteiger partial charge < -0.3 is 5.32 Å². The first-order valence-corrected chi connectivity index (χ1v) is 5.28. The second kappa shape index (κ2) is 4.33. The molecule has 1 aliphatic rings. The van der Waals surface area contributed by atoms with Gasteiger partial charge in [0, 0.05) is 0 Å². The van der Waals surface area contributed by atoms with Crippen molar-refractivity contribution >= 4 is 5.91 Å². The lowest BCUT2D eigenvalue weighted by molar-refractivity contribution is -0.118. The van der Waals surface area contributed by atoms with E-state index in [4.69, 9.17) is 5.26 Å². The molecule has 1 N–H and O–H groups in total. The van der Waals surface area contributed by atoms with Gasteiger partial charge in [0.15, 0.2) is 0 Å². The Morgan fingerprint density at radius 2 is 2.44 bits per heavy atom. The van der Waals surface area contributed by atoms with Crippen LogP contribution in [0.15, 0.2) is 24.3 Å². The molecule has 0 saturated carbocycles. The normalized spacial score (nSPS) is 20.5. The van der Waals surface area contributed by atoms with Crippen LogP contribution in [0, 0.1) is 11.3 Å². The largest absolute Gasteiger partial charge is 0.335 e. The maximum Gasteiger partial charge on any atom is 0.235 e. The third-order valence-electron chi connectivity index (χ3n) is 2.75. The molecule has 1 aliphatic heterocycles. The van der Waals surface area contributed by atoms with E-state index in [9.17, 15) is 4.79 Å². The highest BCUT2D eigenvalue weighted by Gasteiger charge is 2.29. The Balaban J connectivity index is 2.29. The monoisotopic (exact) mass is 215 g/mol. The molecule has 2 rings (SSSR count). The van der Waals surface area contributed by atoms with Gasteiger partial charge in [-0.05, 0) is 24.2 Å². The Labute approximate surface area is 94.5 Å². The van der Waals surface area contributed by atoms with Crippen LogP contribution in [0.1, 0.15) is 24.2 Å². The molecule has 0 bridgehead atoms. The molecule has 4 heteroatoms. The van der Waals surface area contributed by atoms with Crippen LogP contribution in [-0.4, -0.2) is 23.9 Å². The fourth-order valence-corrected chi connectivity index (χ4v) is 1.93. The minimum atomic E-state index is -0.0919. The van der Waals surface area contributed by atoms with Crippen LogP contribution in [0.25, 0.3) is 0 Å². The third-order valence-corrected chi connectivity index (χ3v) is 2.75. The van der Waals surface area contributed by atoms with Crippen molar-refractivity contribution in [2.45, 2.75) is 13.1 Å². The number of nitrogens with zero attached hydrogens (tertiary/aromatic N) is 2. The topological polar surface area (TPSA) is 56.1 Å². The molecule has 0 unspecified atom stereocenters. The standard InChI is InChI=1S/C12H13N3O/c1-2-15-8-11(16)14-12(15)10-5-3-4-9(6-10)7-13/h3-6,12H,2,8H2,1H3,(H,14,16)/t12-/m1/s1. The van der Waals surface area contributed by atoms with E-state index in [0.29, 0.717) is 12.1 Å². The summed E-state index contributed by atoms with van der Waals surface area (Å²) in [6, 6.07) is 9.45. The minimum Gasteiger partial charge on any atom is -0.335 e. The van der Waals surface area contributed by atoms with Gasteiger partial charge in [-0.3, -0.25) is 9.69 Å². The molecule has 1 aromatic rings. The Morgan fingerprint density at radius 3 is 3.12 bits per heavy atom. The summed E-state index contributed by atoms with van der Waals surface area (Å²) < 4.78 is 0. The van der Waals surface area contributed by atoms with Crippen LogP contribution < -0.4 is 5.32 Å². The number of amides is 1. The number of likely N-dealkylation sites (N-methyl/N-ethyl adjacent to an activating group) is 1. The molecule has 1 atom stereocenters. The maximum atomic E-state index is 11.3. The molecule has 4 nitrogen and oxygen atoms in total. The van der Waals surface area contributed by atoms with Gasteiger partial charge >= 0.3 is 0 Å². The molecule has 1 heterocycles. The first-order chi connectivity index (χ1) is 7.74.